The molecular formula is C19H15ClN4O2. The van der Waals surface area contributed by atoms with Crippen LogP contribution in [0.25, 0.3) is 22.2 Å². The van der Waals surface area contributed by atoms with E-state index in [-0.39, 0.29) is 12.3 Å². The van der Waals surface area contributed by atoms with E-state index < -0.39 is 0 Å². The summed E-state index contributed by atoms with van der Waals surface area (Å²) in [7, 11) is 0. The van der Waals surface area contributed by atoms with Crippen molar-refractivity contribution in [3.05, 3.63) is 65.8 Å². The van der Waals surface area contributed by atoms with E-state index in [0.29, 0.717) is 23.1 Å². The number of benzene rings is 2. The first-order chi connectivity index (χ1) is 12.7. The number of rotatable bonds is 5. The molecule has 2 aromatic heterocycles. The lowest BCUT2D eigenvalue weighted by Crippen LogP contribution is -2.12. The van der Waals surface area contributed by atoms with Crippen molar-refractivity contribution >= 4 is 34.1 Å². The number of nitrogens with one attached hydrogen (secondary N) is 2. The first-order valence-corrected chi connectivity index (χ1v) is 8.49. The van der Waals surface area contributed by atoms with E-state index in [2.05, 4.69) is 20.5 Å². The van der Waals surface area contributed by atoms with Crippen LogP contribution in [0.1, 0.15) is 12.3 Å². The minimum absolute atomic E-state index is 0.0981. The number of aryl methyl sites for hydroxylation is 1. The Morgan fingerprint density at radius 2 is 2.00 bits per heavy atom. The number of hydrogen-bond acceptors (Lipinski definition) is 4. The number of halogens is 1. The van der Waals surface area contributed by atoms with Gasteiger partial charge in [-0.1, -0.05) is 11.6 Å². The molecule has 0 aliphatic rings. The van der Waals surface area contributed by atoms with Crippen LogP contribution in [0.5, 0.6) is 0 Å². The largest absolute Gasteiger partial charge is 0.441 e. The number of hydrogen-bond donors (Lipinski definition) is 2. The fraction of sp³-hybridized carbons (Fsp3) is 0.105. The van der Waals surface area contributed by atoms with Crippen LogP contribution in [0.15, 0.2) is 59.3 Å². The number of anilines is 1. The monoisotopic (exact) mass is 366 g/mol. The van der Waals surface area contributed by atoms with Crippen molar-refractivity contribution in [3.8, 4) is 11.3 Å². The topological polar surface area (TPSA) is 83.8 Å². The van der Waals surface area contributed by atoms with E-state index in [0.717, 1.165) is 22.2 Å². The fourth-order valence-electron chi connectivity index (χ4n) is 2.64. The maximum absolute atomic E-state index is 12.2. The van der Waals surface area contributed by atoms with E-state index in [1.165, 1.54) is 0 Å². The number of nitrogens with zero attached hydrogens (tertiary/aromatic N) is 2. The van der Waals surface area contributed by atoms with Gasteiger partial charge in [0.1, 0.15) is 0 Å². The standard InChI is InChI=1S/C19H15ClN4O2/c20-14-3-1-12(2-4-14)17-11-21-19(26-17)8-7-18(25)23-15-5-6-16-13(9-15)10-22-24-16/h1-6,9-11H,7-8H2,(H,22,24)(H,23,25). The highest BCUT2D eigenvalue weighted by Crippen LogP contribution is 2.23. The summed E-state index contributed by atoms with van der Waals surface area (Å²) in [4.78, 5) is 16.4. The summed E-state index contributed by atoms with van der Waals surface area (Å²) < 4.78 is 5.71. The third kappa shape index (κ3) is 3.60. The molecule has 6 nitrogen and oxygen atoms in total. The molecule has 0 fully saturated rings. The fourth-order valence-corrected chi connectivity index (χ4v) is 2.76. The number of oxazole rings is 1. The molecule has 130 valence electrons. The maximum Gasteiger partial charge on any atom is 0.224 e. The molecule has 4 aromatic rings. The van der Waals surface area contributed by atoms with Gasteiger partial charge in [0.15, 0.2) is 11.7 Å². The molecule has 2 heterocycles. The molecule has 0 saturated carbocycles. The summed E-state index contributed by atoms with van der Waals surface area (Å²) in [5.74, 6) is 1.08. The average molecular weight is 367 g/mol. The lowest BCUT2D eigenvalue weighted by Gasteiger charge is -2.04. The average Bonchev–Trinajstić information content (AvgIpc) is 3.29. The molecule has 0 aliphatic carbocycles. The van der Waals surface area contributed by atoms with Crippen LogP contribution in [-0.2, 0) is 11.2 Å². The Labute approximate surface area is 154 Å². The molecule has 26 heavy (non-hydrogen) atoms. The highest BCUT2D eigenvalue weighted by atomic mass is 35.5. The molecule has 0 spiro atoms. The van der Waals surface area contributed by atoms with Gasteiger partial charge in [-0.05, 0) is 42.5 Å². The van der Waals surface area contributed by atoms with E-state index in [9.17, 15) is 4.79 Å². The predicted molar refractivity (Wildman–Crippen MR) is 100.0 cm³/mol. The molecule has 2 N–H and O–H groups in total. The number of carbonyl (C=O) groups is 1. The van der Waals surface area contributed by atoms with Gasteiger partial charge in [-0.15, -0.1) is 0 Å². The first-order valence-electron chi connectivity index (χ1n) is 8.11. The van der Waals surface area contributed by atoms with Crippen LogP contribution in [-0.4, -0.2) is 21.1 Å². The van der Waals surface area contributed by atoms with Crippen LogP contribution in [0.3, 0.4) is 0 Å². The molecule has 0 aliphatic heterocycles. The van der Waals surface area contributed by atoms with Gasteiger partial charge >= 0.3 is 0 Å². The summed E-state index contributed by atoms with van der Waals surface area (Å²) in [6.07, 6.45) is 4.08. The summed E-state index contributed by atoms with van der Waals surface area (Å²) >= 11 is 5.89. The number of aromatic amines is 1. The minimum atomic E-state index is -0.0981. The number of fused-ring (bicyclic) bond motifs is 1. The van der Waals surface area contributed by atoms with E-state index in [1.54, 1.807) is 24.5 Å². The Morgan fingerprint density at radius 1 is 1.15 bits per heavy atom. The van der Waals surface area contributed by atoms with Gasteiger partial charge in [0.05, 0.1) is 17.9 Å². The lowest BCUT2D eigenvalue weighted by atomic mass is 10.2. The zero-order valence-corrected chi connectivity index (χ0v) is 14.5. The highest BCUT2D eigenvalue weighted by Gasteiger charge is 2.10. The van der Waals surface area contributed by atoms with Crippen LogP contribution >= 0.6 is 11.6 Å². The highest BCUT2D eigenvalue weighted by molar-refractivity contribution is 6.30. The SMILES string of the molecule is O=C(CCc1ncc(-c2ccc(Cl)cc2)o1)Nc1ccc2[nH]ncc2c1. The minimum Gasteiger partial charge on any atom is -0.441 e. The van der Waals surface area contributed by atoms with Crippen LogP contribution in [0.4, 0.5) is 5.69 Å². The summed E-state index contributed by atoms with van der Waals surface area (Å²) in [5, 5.41) is 11.3. The second-order valence-corrected chi connectivity index (χ2v) is 6.28. The van der Waals surface area contributed by atoms with Gasteiger partial charge in [0.25, 0.3) is 0 Å². The van der Waals surface area contributed by atoms with Crippen molar-refractivity contribution in [2.75, 3.05) is 5.32 Å². The van der Waals surface area contributed by atoms with Crippen molar-refractivity contribution in [3.63, 3.8) is 0 Å². The molecule has 4 rings (SSSR count). The van der Waals surface area contributed by atoms with Gasteiger partial charge in [-0.3, -0.25) is 9.89 Å². The third-order valence-electron chi connectivity index (χ3n) is 3.97. The zero-order valence-electron chi connectivity index (χ0n) is 13.7. The molecule has 0 atom stereocenters. The molecule has 7 heteroatoms. The van der Waals surface area contributed by atoms with Crippen molar-refractivity contribution in [2.24, 2.45) is 0 Å². The second kappa shape index (κ2) is 7.01. The number of H-pyrrole nitrogens is 1. The van der Waals surface area contributed by atoms with Crippen LogP contribution in [0, 0.1) is 0 Å². The summed E-state index contributed by atoms with van der Waals surface area (Å²) in [5.41, 5.74) is 2.56. The van der Waals surface area contributed by atoms with E-state index in [1.807, 2.05) is 30.3 Å². The second-order valence-electron chi connectivity index (χ2n) is 5.85. The summed E-state index contributed by atoms with van der Waals surface area (Å²) in [6.45, 7) is 0. The molecule has 0 radical (unpaired) electrons. The maximum atomic E-state index is 12.2. The lowest BCUT2D eigenvalue weighted by molar-refractivity contribution is -0.116. The Bertz CT molecular complexity index is 1050. The van der Waals surface area contributed by atoms with Crippen molar-refractivity contribution in [1.82, 2.24) is 15.2 Å². The molecular weight excluding hydrogens is 352 g/mol. The Morgan fingerprint density at radius 3 is 2.85 bits per heavy atom. The number of amides is 1. The predicted octanol–water partition coefficient (Wildman–Crippen LogP) is 4.44. The Kier molecular flexibility index (Phi) is 4.41. The van der Waals surface area contributed by atoms with E-state index >= 15 is 0 Å². The van der Waals surface area contributed by atoms with Gasteiger partial charge in [-0.2, -0.15) is 5.10 Å². The summed E-state index contributed by atoms with van der Waals surface area (Å²) in [6, 6.07) is 12.9. The van der Waals surface area contributed by atoms with Gasteiger partial charge in [-0.25, -0.2) is 4.98 Å². The Balaban J connectivity index is 1.36. The van der Waals surface area contributed by atoms with Crippen molar-refractivity contribution < 1.29 is 9.21 Å². The zero-order chi connectivity index (χ0) is 17.9. The van der Waals surface area contributed by atoms with Crippen molar-refractivity contribution in [2.45, 2.75) is 12.8 Å². The van der Waals surface area contributed by atoms with Gasteiger partial charge in [0.2, 0.25) is 5.91 Å². The Hall–Kier alpha value is -3.12. The molecule has 0 saturated heterocycles. The van der Waals surface area contributed by atoms with Gasteiger partial charge in [0, 0.05) is 34.5 Å². The number of carbonyl (C=O) groups excluding carboxylic acids is 1. The van der Waals surface area contributed by atoms with Crippen LogP contribution < -0.4 is 5.32 Å². The van der Waals surface area contributed by atoms with E-state index in [4.69, 9.17) is 16.0 Å². The molecule has 0 unspecified atom stereocenters. The quantitative estimate of drug-likeness (QED) is 0.546. The van der Waals surface area contributed by atoms with Gasteiger partial charge < -0.3 is 9.73 Å². The van der Waals surface area contributed by atoms with Crippen LogP contribution in [0.2, 0.25) is 5.02 Å². The van der Waals surface area contributed by atoms with Crippen molar-refractivity contribution in [1.29, 1.82) is 0 Å². The first kappa shape index (κ1) is 16.4. The number of aromatic nitrogens is 3. The normalized spacial score (nSPS) is 11.0. The third-order valence-corrected chi connectivity index (χ3v) is 4.22. The molecule has 0 bridgehead atoms. The smallest absolute Gasteiger partial charge is 0.224 e. The molecule has 1 amide bonds. The molecule has 2 aromatic carbocycles.